The van der Waals surface area contributed by atoms with Crippen LogP contribution in [-0.4, -0.2) is 45.6 Å². The Labute approximate surface area is 121 Å². The van der Waals surface area contributed by atoms with Crippen molar-refractivity contribution in [3.8, 4) is 0 Å². The van der Waals surface area contributed by atoms with E-state index in [0.717, 1.165) is 31.1 Å². The molecule has 2 atom stereocenters. The molecule has 112 valence electrons. The van der Waals surface area contributed by atoms with Gasteiger partial charge in [0.2, 0.25) is 0 Å². The molecule has 5 nitrogen and oxygen atoms in total. The SMILES string of the molecule is COC[C@H](C)Nc1cc(N2CCOC[C@@H]2C)ccc1N. The fraction of sp³-hybridized carbons (Fsp3) is 0.600. The van der Waals surface area contributed by atoms with Gasteiger partial charge in [-0.2, -0.15) is 0 Å². The van der Waals surface area contributed by atoms with Gasteiger partial charge in [0.05, 0.1) is 31.2 Å². The highest BCUT2D eigenvalue weighted by Crippen LogP contribution is 2.28. The summed E-state index contributed by atoms with van der Waals surface area (Å²) in [5.41, 5.74) is 8.96. The number of nitrogens with zero attached hydrogens (tertiary/aromatic N) is 1. The number of anilines is 3. The van der Waals surface area contributed by atoms with Crippen LogP contribution < -0.4 is 16.0 Å². The Morgan fingerprint density at radius 3 is 3.05 bits per heavy atom. The van der Waals surface area contributed by atoms with E-state index in [0.29, 0.717) is 12.6 Å². The molecule has 1 aromatic carbocycles. The number of nitrogens with two attached hydrogens (primary N) is 1. The van der Waals surface area contributed by atoms with Crippen molar-refractivity contribution in [2.45, 2.75) is 25.9 Å². The fourth-order valence-electron chi connectivity index (χ4n) is 2.52. The molecular weight excluding hydrogens is 254 g/mol. The highest BCUT2D eigenvalue weighted by molar-refractivity contribution is 5.72. The van der Waals surface area contributed by atoms with E-state index in [-0.39, 0.29) is 6.04 Å². The summed E-state index contributed by atoms with van der Waals surface area (Å²) in [7, 11) is 1.70. The minimum absolute atomic E-state index is 0.222. The van der Waals surface area contributed by atoms with Gasteiger partial charge in [-0.05, 0) is 32.0 Å². The average molecular weight is 279 g/mol. The lowest BCUT2D eigenvalue weighted by molar-refractivity contribution is 0.0989. The smallest absolute Gasteiger partial charge is 0.0668 e. The summed E-state index contributed by atoms with van der Waals surface area (Å²) in [4.78, 5) is 2.36. The third-order valence-electron chi connectivity index (χ3n) is 3.55. The molecule has 1 aliphatic rings. The highest BCUT2D eigenvalue weighted by atomic mass is 16.5. The summed E-state index contributed by atoms with van der Waals surface area (Å²) in [5, 5.41) is 3.40. The molecule has 20 heavy (non-hydrogen) atoms. The summed E-state index contributed by atoms with van der Waals surface area (Å²) >= 11 is 0. The Hall–Kier alpha value is -1.46. The molecule has 0 bridgehead atoms. The van der Waals surface area contributed by atoms with Crippen LogP contribution in [0.4, 0.5) is 17.1 Å². The number of hydrogen-bond acceptors (Lipinski definition) is 5. The van der Waals surface area contributed by atoms with Gasteiger partial charge in [0, 0.05) is 31.4 Å². The van der Waals surface area contributed by atoms with Crippen molar-refractivity contribution >= 4 is 17.1 Å². The van der Waals surface area contributed by atoms with Crippen molar-refractivity contribution in [1.82, 2.24) is 0 Å². The molecule has 0 aromatic heterocycles. The molecule has 1 heterocycles. The lowest BCUT2D eigenvalue weighted by Crippen LogP contribution is -2.43. The number of ether oxygens (including phenoxy) is 2. The van der Waals surface area contributed by atoms with Gasteiger partial charge in [0.25, 0.3) is 0 Å². The molecule has 1 aliphatic heterocycles. The lowest BCUT2D eigenvalue weighted by atomic mass is 10.1. The molecule has 1 aromatic rings. The zero-order valence-corrected chi connectivity index (χ0v) is 12.6. The Bertz CT molecular complexity index is 439. The topological polar surface area (TPSA) is 59.8 Å². The molecular formula is C15H25N3O2. The highest BCUT2D eigenvalue weighted by Gasteiger charge is 2.19. The van der Waals surface area contributed by atoms with Gasteiger partial charge in [-0.3, -0.25) is 0 Å². The normalized spacial score (nSPS) is 20.8. The molecule has 0 saturated carbocycles. The summed E-state index contributed by atoms with van der Waals surface area (Å²) in [6.07, 6.45) is 0. The Morgan fingerprint density at radius 1 is 1.55 bits per heavy atom. The molecule has 0 spiro atoms. The van der Waals surface area contributed by atoms with Crippen LogP contribution in [0.25, 0.3) is 0 Å². The number of methoxy groups -OCH3 is 1. The van der Waals surface area contributed by atoms with Crippen LogP contribution in [0.2, 0.25) is 0 Å². The average Bonchev–Trinajstić information content (AvgIpc) is 2.42. The number of rotatable bonds is 5. The summed E-state index contributed by atoms with van der Waals surface area (Å²) < 4.78 is 10.6. The molecule has 3 N–H and O–H groups in total. The molecule has 1 saturated heterocycles. The maximum atomic E-state index is 6.05. The van der Waals surface area contributed by atoms with Gasteiger partial charge in [-0.1, -0.05) is 0 Å². The number of nitrogen functional groups attached to an aromatic ring is 1. The summed E-state index contributed by atoms with van der Waals surface area (Å²) in [5.74, 6) is 0. The van der Waals surface area contributed by atoms with E-state index in [1.807, 2.05) is 6.07 Å². The van der Waals surface area contributed by atoms with Gasteiger partial charge >= 0.3 is 0 Å². The van der Waals surface area contributed by atoms with Crippen molar-refractivity contribution < 1.29 is 9.47 Å². The van der Waals surface area contributed by atoms with E-state index >= 15 is 0 Å². The van der Waals surface area contributed by atoms with Gasteiger partial charge in [0.1, 0.15) is 0 Å². The minimum Gasteiger partial charge on any atom is -0.397 e. The van der Waals surface area contributed by atoms with Crippen LogP contribution in [0.15, 0.2) is 18.2 Å². The molecule has 5 heteroatoms. The molecule has 2 rings (SSSR count). The molecule has 0 unspecified atom stereocenters. The van der Waals surface area contributed by atoms with Crippen molar-refractivity contribution in [3.05, 3.63) is 18.2 Å². The Morgan fingerprint density at radius 2 is 2.35 bits per heavy atom. The zero-order valence-electron chi connectivity index (χ0n) is 12.6. The second kappa shape index (κ2) is 6.81. The van der Waals surface area contributed by atoms with Gasteiger partial charge < -0.3 is 25.4 Å². The first-order valence-electron chi connectivity index (χ1n) is 7.11. The Kier molecular flexibility index (Phi) is 5.09. The van der Waals surface area contributed by atoms with Crippen molar-refractivity contribution in [2.24, 2.45) is 0 Å². The maximum absolute atomic E-state index is 6.05. The van der Waals surface area contributed by atoms with E-state index in [1.165, 1.54) is 5.69 Å². The van der Waals surface area contributed by atoms with E-state index in [1.54, 1.807) is 7.11 Å². The third-order valence-corrected chi connectivity index (χ3v) is 3.55. The lowest BCUT2D eigenvalue weighted by Gasteiger charge is -2.35. The van der Waals surface area contributed by atoms with Gasteiger partial charge in [-0.15, -0.1) is 0 Å². The van der Waals surface area contributed by atoms with Crippen LogP contribution >= 0.6 is 0 Å². The van der Waals surface area contributed by atoms with Crippen LogP contribution in [-0.2, 0) is 9.47 Å². The van der Waals surface area contributed by atoms with Crippen LogP contribution in [0.1, 0.15) is 13.8 Å². The number of nitrogens with one attached hydrogen (secondary N) is 1. The maximum Gasteiger partial charge on any atom is 0.0668 e. The molecule has 0 radical (unpaired) electrons. The number of hydrogen-bond donors (Lipinski definition) is 2. The van der Waals surface area contributed by atoms with E-state index < -0.39 is 0 Å². The van der Waals surface area contributed by atoms with Crippen LogP contribution in [0, 0.1) is 0 Å². The fourth-order valence-corrected chi connectivity index (χ4v) is 2.52. The Balaban J connectivity index is 2.15. The van der Waals surface area contributed by atoms with Crippen molar-refractivity contribution in [1.29, 1.82) is 0 Å². The largest absolute Gasteiger partial charge is 0.397 e. The van der Waals surface area contributed by atoms with E-state index in [2.05, 4.69) is 36.2 Å². The van der Waals surface area contributed by atoms with Crippen LogP contribution in [0.5, 0.6) is 0 Å². The first kappa shape index (κ1) is 14.9. The van der Waals surface area contributed by atoms with Crippen molar-refractivity contribution in [2.75, 3.05) is 49.4 Å². The second-order valence-corrected chi connectivity index (χ2v) is 5.39. The van der Waals surface area contributed by atoms with Gasteiger partial charge in [0.15, 0.2) is 0 Å². The van der Waals surface area contributed by atoms with E-state index in [4.69, 9.17) is 15.2 Å². The second-order valence-electron chi connectivity index (χ2n) is 5.39. The first-order valence-corrected chi connectivity index (χ1v) is 7.11. The number of morpholine rings is 1. The quantitative estimate of drug-likeness (QED) is 0.807. The third kappa shape index (κ3) is 3.55. The zero-order chi connectivity index (χ0) is 14.5. The monoisotopic (exact) mass is 279 g/mol. The standard InChI is InChI=1S/C15H25N3O2/c1-11(9-19-3)17-15-8-13(4-5-14(15)16)18-6-7-20-10-12(18)2/h4-5,8,11-12,17H,6-7,9-10,16H2,1-3H3/t11-,12-/m0/s1. The van der Waals surface area contributed by atoms with Crippen molar-refractivity contribution in [3.63, 3.8) is 0 Å². The van der Waals surface area contributed by atoms with E-state index in [9.17, 15) is 0 Å². The molecule has 0 amide bonds. The summed E-state index contributed by atoms with van der Waals surface area (Å²) in [6, 6.07) is 6.75. The minimum atomic E-state index is 0.222. The number of benzene rings is 1. The molecule has 0 aliphatic carbocycles. The molecule has 1 fully saturated rings. The summed E-state index contributed by atoms with van der Waals surface area (Å²) in [6.45, 7) is 7.36. The predicted octanol–water partition coefficient (Wildman–Crippen LogP) is 1.94. The van der Waals surface area contributed by atoms with Crippen LogP contribution in [0.3, 0.4) is 0 Å². The van der Waals surface area contributed by atoms with Gasteiger partial charge in [-0.25, -0.2) is 0 Å². The predicted molar refractivity (Wildman–Crippen MR) is 83.4 cm³/mol. The first-order chi connectivity index (χ1) is 9.61.